The summed E-state index contributed by atoms with van der Waals surface area (Å²) < 4.78 is 0. The van der Waals surface area contributed by atoms with E-state index in [-0.39, 0.29) is 0 Å². The maximum atomic E-state index is 4.61. The largest absolute Gasteiger partial charge is 0.308 e. The first-order chi connectivity index (χ1) is 9.06. The summed E-state index contributed by atoms with van der Waals surface area (Å²) in [6.07, 6.45) is 1.83. The third kappa shape index (κ3) is 3.61. The van der Waals surface area contributed by atoms with Crippen molar-refractivity contribution in [1.29, 1.82) is 0 Å². The van der Waals surface area contributed by atoms with Crippen molar-refractivity contribution in [3.63, 3.8) is 0 Å². The Morgan fingerprint density at radius 2 is 1.89 bits per heavy atom. The van der Waals surface area contributed by atoms with Gasteiger partial charge >= 0.3 is 0 Å². The van der Waals surface area contributed by atoms with Gasteiger partial charge in [0.15, 0.2) is 0 Å². The number of aromatic nitrogens is 2. The van der Waals surface area contributed by atoms with E-state index in [9.17, 15) is 0 Å². The van der Waals surface area contributed by atoms with Crippen LogP contribution in [0.3, 0.4) is 0 Å². The molecule has 0 saturated carbocycles. The van der Waals surface area contributed by atoms with Gasteiger partial charge in [-0.05, 0) is 37.1 Å². The number of hydrogen-bond acceptors (Lipinski definition) is 3. The number of rotatable bonds is 4. The van der Waals surface area contributed by atoms with Gasteiger partial charge in [0.05, 0.1) is 12.2 Å². The molecule has 0 saturated heterocycles. The normalized spacial score (nSPS) is 11.0. The van der Waals surface area contributed by atoms with Crippen LogP contribution in [-0.2, 0) is 6.54 Å². The van der Waals surface area contributed by atoms with Crippen molar-refractivity contribution in [3.8, 4) is 11.3 Å². The number of benzene rings is 1. The van der Waals surface area contributed by atoms with Gasteiger partial charge in [-0.3, -0.25) is 0 Å². The van der Waals surface area contributed by atoms with E-state index in [2.05, 4.69) is 61.2 Å². The molecule has 0 amide bonds. The molecule has 0 aliphatic carbocycles. The minimum absolute atomic E-state index is 0.439. The highest BCUT2D eigenvalue weighted by molar-refractivity contribution is 5.60. The van der Waals surface area contributed by atoms with Gasteiger partial charge in [-0.25, -0.2) is 9.97 Å². The van der Waals surface area contributed by atoms with E-state index in [0.29, 0.717) is 12.6 Å². The average Bonchev–Trinajstić information content (AvgIpc) is 2.40. The van der Waals surface area contributed by atoms with Gasteiger partial charge in [-0.2, -0.15) is 0 Å². The van der Waals surface area contributed by atoms with E-state index >= 15 is 0 Å². The number of aryl methyl sites for hydroxylation is 2. The molecule has 100 valence electrons. The van der Waals surface area contributed by atoms with Gasteiger partial charge in [-0.15, -0.1) is 0 Å². The lowest BCUT2D eigenvalue weighted by Crippen LogP contribution is -2.23. The first kappa shape index (κ1) is 13.7. The second-order valence-corrected chi connectivity index (χ2v) is 5.19. The van der Waals surface area contributed by atoms with Crippen LogP contribution in [0.1, 0.15) is 30.8 Å². The van der Waals surface area contributed by atoms with Gasteiger partial charge in [-0.1, -0.05) is 26.0 Å². The SMILES string of the molecule is Cc1ccc(-c2ccnc(CNC(C)C)n2)cc1C. The second-order valence-electron chi connectivity index (χ2n) is 5.19. The number of hydrogen-bond donors (Lipinski definition) is 1. The lowest BCUT2D eigenvalue weighted by atomic mass is 10.0. The molecule has 1 aromatic carbocycles. The Balaban J connectivity index is 2.24. The quantitative estimate of drug-likeness (QED) is 0.911. The van der Waals surface area contributed by atoms with Crippen molar-refractivity contribution in [2.24, 2.45) is 0 Å². The molecular weight excluding hydrogens is 234 g/mol. The molecule has 1 aromatic heterocycles. The Kier molecular flexibility index (Phi) is 4.27. The second kappa shape index (κ2) is 5.93. The zero-order valence-corrected chi connectivity index (χ0v) is 12.1. The Bertz CT molecular complexity index is 562. The third-order valence-corrected chi connectivity index (χ3v) is 3.18. The Morgan fingerprint density at radius 3 is 2.58 bits per heavy atom. The Hall–Kier alpha value is -1.74. The smallest absolute Gasteiger partial charge is 0.142 e. The van der Waals surface area contributed by atoms with Crippen LogP contribution in [0, 0.1) is 13.8 Å². The average molecular weight is 255 g/mol. The first-order valence-corrected chi connectivity index (χ1v) is 6.69. The molecule has 0 aliphatic rings. The van der Waals surface area contributed by atoms with Gasteiger partial charge in [0.2, 0.25) is 0 Å². The predicted octanol–water partition coefficient (Wildman–Crippen LogP) is 3.26. The van der Waals surface area contributed by atoms with Crippen molar-refractivity contribution in [1.82, 2.24) is 15.3 Å². The summed E-state index contributed by atoms with van der Waals surface area (Å²) in [5.74, 6) is 0.837. The van der Waals surface area contributed by atoms with Crippen molar-refractivity contribution in [3.05, 3.63) is 47.4 Å². The summed E-state index contributed by atoms with van der Waals surface area (Å²) >= 11 is 0. The molecule has 2 rings (SSSR count). The highest BCUT2D eigenvalue weighted by Crippen LogP contribution is 2.19. The molecule has 0 spiro atoms. The minimum atomic E-state index is 0.439. The summed E-state index contributed by atoms with van der Waals surface area (Å²) in [6.45, 7) is 9.19. The number of nitrogens with one attached hydrogen (secondary N) is 1. The van der Waals surface area contributed by atoms with E-state index < -0.39 is 0 Å². The van der Waals surface area contributed by atoms with Crippen molar-refractivity contribution >= 4 is 0 Å². The highest BCUT2D eigenvalue weighted by atomic mass is 15.0. The minimum Gasteiger partial charge on any atom is -0.308 e. The van der Waals surface area contributed by atoms with Crippen molar-refractivity contribution in [2.75, 3.05) is 0 Å². The summed E-state index contributed by atoms with van der Waals surface area (Å²) in [7, 11) is 0. The van der Waals surface area contributed by atoms with Gasteiger partial charge in [0, 0.05) is 17.8 Å². The zero-order chi connectivity index (χ0) is 13.8. The van der Waals surface area contributed by atoms with Crippen LogP contribution < -0.4 is 5.32 Å². The fourth-order valence-corrected chi connectivity index (χ4v) is 1.84. The molecule has 1 heterocycles. The predicted molar refractivity (Wildman–Crippen MR) is 78.9 cm³/mol. The van der Waals surface area contributed by atoms with Crippen LogP contribution in [0.4, 0.5) is 0 Å². The maximum Gasteiger partial charge on any atom is 0.142 e. The van der Waals surface area contributed by atoms with Crippen LogP contribution in [0.25, 0.3) is 11.3 Å². The number of nitrogens with zero attached hydrogens (tertiary/aromatic N) is 2. The van der Waals surface area contributed by atoms with Crippen LogP contribution in [0.15, 0.2) is 30.5 Å². The maximum absolute atomic E-state index is 4.61. The van der Waals surface area contributed by atoms with E-state index in [1.165, 1.54) is 11.1 Å². The topological polar surface area (TPSA) is 37.8 Å². The summed E-state index contributed by atoms with van der Waals surface area (Å²) in [5, 5.41) is 3.34. The first-order valence-electron chi connectivity index (χ1n) is 6.69. The fourth-order valence-electron chi connectivity index (χ4n) is 1.84. The molecule has 0 atom stereocenters. The van der Waals surface area contributed by atoms with Crippen molar-refractivity contribution < 1.29 is 0 Å². The lowest BCUT2D eigenvalue weighted by Gasteiger charge is -2.09. The molecule has 3 heteroatoms. The Labute approximate surface area is 115 Å². The fraction of sp³-hybridized carbons (Fsp3) is 0.375. The molecular formula is C16H21N3. The van der Waals surface area contributed by atoms with Gasteiger partial charge < -0.3 is 5.32 Å². The summed E-state index contributed by atoms with van der Waals surface area (Å²) in [5.41, 5.74) is 4.73. The van der Waals surface area contributed by atoms with E-state index in [4.69, 9.17) is 0 Å². The lowest BCUT2D eigenvalue weighted by molar-refractivity contribution is 0.572. The van der Waals surface area contributed by atoms with Crippen LogP contribution in [-0.4, -0.2) is 16.0 Å². The standard InChI is InChI=1S/C16H21N3/c1-11(2)18-10-16-17-8-7-15(19-16)14-6-5-12(3)13(4)9-14/h5-9,11,18H,10H2,1-4H3. The third-order valence-electron chi connectivity index (χ3n) is 3.18. The van der Waals surface area contributed by atoms with Crippen LogP contribution in [0.5, 0.6) is 0 Å². The molecule has 0 unspecified atom stereocenters. The molecule has 0 aliphatic heterocycles. The van der Waals surface area contributed by atoms with Gasteiger partial charge in [0.1, 0.15) is 5.82 Å². The van der Waals surface area contributed by atoms with E-state index in [1.54, 1.807) is 0 Å². The molecule has 3 nitrogen and oxygen atoms in total. The molecule has 0 bridgehead atoms. The van der Waals surface area contributed by atoms with Crippen LogP contribution >= 0.6 is 0 Å². The van der Waals surface area contributed by atoms with Gasteiger partial charge in [0.25, 0.3) is 0 Å². The molecule has 0 radical (unpaired) electrons. The summed E-state index contributed by atoms with van der Waals surface area (Å²) in [6, 6.07) is 8.83. The van der Waals surface area contributed by atoms with E-state index in [0.717, 1.165) is 17.1 Å². The molecule has 0 fully saturated rings. The molecule has 1 N–H and O–H groups in total. The summed E-state index contributed by atoms with van der Waals surface area (Å²) in [4.78, 5) is 8.92. The van der Waals surface area contributed by atoms with Crippen LogP contribution in [0.2, 0.25) is 0 Å². The van der Waals surface area contributed by atoms with E-state index in [1.807, 2.05) is 12.3 Å². The Morgan fingerprint density at radius 1 is 1.11 bits per heavy atom. The zero-order valence-electron chi connectivity index (χ0n) is 12.1. The monoisotopic (exact) mass is 255 g/mol. The highest BCUT2D eigenvalue weighted by Gasteiger charge is 2.04. The molecule has 19 heavy (non-hydrogen) atoms. The van der Waals surface area contributed by atoms with Crippen molar-refractivity contribution in [2.45, 2.75) is 40.3 Å². The molecule has 2 aromatic rings.